The number of nitrogens with zero attached hydrogens (tertiary/aromatic N) is 5. The summed E-state index contributed by atoms with van der Waals surface area (Å²) in [6, 6.07) is 16.0. The third-order valence-electron chi connectivity index (χ3n) is 6.63. The summed E-state index contributed by atoms with van der Waals surface area (Å²) >= 11 is 12.3. The van der Waals surface area contributed by atoms with Crippen LogP contribution in [0.2, 0.25) is 10.0 Å². The van der Waals surface area contributed by atoms with Crippen molar-refractivity contribution >= 4 is 40.1 Å². The first kappa shape index (κ1) is 25.6. The van der Waals surface area contributed by atoms with Crippen LogP contribution in [-0.4, -0.2) is 56.7 Å². The van der Waals surface area contributed by atoms with Gasteiger partial charge < -0.3 is 4.90 Å². The predicted molar refractivity (Wildman–Crippen MR) is 141 cm³/mol. The Morgan fingerprint density at radius 2 is 1.76 bits per heavy atom. The SMILES string of the molecule is Cc1nn(CC(=O)N2CCN(Cc3ccc(Cl)cc3Cl)CC2)c2nc(-c3ccccc3)cc(C(F)F)c12. The largest absolute Gasteiger partial charge is 0.339 e. The molecule has 0 aliphatic carbocycles. The summed E-state index contributed by atoms with van der Waals surface area (Å²) in [7, 11) is 0. The molecule has 1 amide bonds. The van der Waals surface area contributed by atoms with E-state index in [4.69, 9.17) is 23.2 Å². The highest BCUT2D eigenvalue weighted by molar-refractivity contribution is 6.35. The van der Waals surface area contributed by atoms with Crippen LogP contribution in [0.1, 0.15) is 23.2 Å². The van der Waals surface area contributed by atoms with E-state index in [-0.39, 0.29) is 18.0 Å². The second-order valence-electron chi connectivity index (χ2n) is 9.10. The standard InChI is InChI=1S/C27H25Cl2F2N5O/c1-17-25-21(26(30)31)14-23(18-5-3-2-4-6-18)32-27(25)36(33-17)16-24(37)35-11-9-34(10-12-35)15-19-7-8-20(28)13-22(19)29/h2-8,13-14,26H,9-12,15-16H2,1H3. The summed E-state index contributed by atoms with van der Waals surface area (Å²) in [6.07, 6.45) is -2.69. The van der Waals surface area contributed by atoms with E-state index in [1.165, 1.54) is 10.7 Å². The van der Waals surface area contributed by atoms with Gasteiger partial charge in [0.25, 0.3) is 6.43 Å². The summed E-state index contributed by atoms with van der Waals surface area (Å²) < 4.78 is 29.5. The number of benzene rings is 2. The molecule has 1 aliphatic rings. The van der Waals surface area contributed by atoms with Crippen LogP contribution in [0.3, 0.4) is 0 Å². The number of aryl methyl sites for hydroxylation is 1. The fourth-order valence-electron chi connectivity index (χ4n) is 4.70. The molecule has 37 heavy (non-hydrogen) atoms. The van der Waals surface area contributed by atoms with Gasteiger partial charge in [-0.2, -0.15) is 5.10 Å². The highest BCUT2D eigenvalue weighted by Gasteiger charge is 2.25. The van der Waals surface area contributed by atoms with E-state index in [1.807, 2.05) is 42.5 Å². The van der Waals surface area contributed by atoms with E-state index in [2.05, 4.69) is 15.0 Å². The van der Waals surface area contributed by atoms with Gasteiger partial charge in [-0.1, -0.05) is 59.6 Å². The fourth-order valence-corrected chi connectivity index (χ4v) is 5.17. The lowest BCUT2D eigenvalue weighted by molar-refractivity contribution is -0.133. The number of rotatable bonds is 6. The van der Waals surface area contributed by atoms with Crippen molar-refractivity contribution in [2.24, 2.45) is 0 Å². The fraction of sp³-hybridized carbons (Fsp3) is 0.296. The maximum Gasteiger partial charge on any atom is 0.264 e. The van der Waals surface area contributed by atoms with Crippen molar-refractivity contribution in [3.8, 4) is 11.3 Å². The van der Waals surface area contributed by atoms with Crippen LogP contribution < -0.4 is 0 Å². The molecule has 0 radical (unpaired) electrons. The van der Waals surface area contributed by atoms with E-state index in [0.29, 0.717) is 65.2 Å². The quantitative estimate of drug-likeness (QED) is 0.299. The van der Waals surface area contributed by atoms with Gasteiger partial charge in [-0.25, -0.2) is 18.4 Å². The molecule has 0 saturated carbocycles. The number of carbonyl (C=O) groups excluding carboxylic acids is 1. The molecular weight excluding hydrogens is 519 g/mol. The normalized spacial score (nSPS) is 14.6. The first-order chi connectivity index (χ1) is 17.8. The molecule has 0 spiro atoms. The Balaban J connectivity index is 1.33. The van der Waals surface area contributed by atoms with Gasteiger partial charge in [0.2, 0.25) is 5.91 Å². The number of alkyl halides is 2. The number of fused-ring (bicyclic) bond motifs is 1. The summed E-state index contributed by atoms with van der Waals surface area (Å²) in [5.74, 6) is -0.126. The molecule has 1 fully saturated rings. The molecule has 0 N–H and O–H groups in total. The maximum atomic E-state index is 14.0. The predicted octanol–water partition coefficient (Wildman–Crippen LogP) is 6.00. The molecule has 192 valence electrons. The smallest absolute Gasteiger partial charge is 0.264 e. The van der Waals surface area contributed by atoms with Crippen LogP contribution >= 0.6 is 23.2 Å². The molecule has 0 bridgehead atoms. The third kappa shape index (κ3) is 5.46. The topological polar surface area (TPSA) is 54.3 Å². The Morgan fingerprint density at radius 3 is 2.43 bits per heavy atom. The molecule has 1 saturated heterocycles. The zero-order chi connectivity index (χ0) is 26.1. The van der Waals surface area contributed by atoms with Gasteiger partial charge in [0, 0.05) is 53.9 Å². The number of aromatic nitrogens is 3. The Labute approximate surface area is 223 Å². The molecule has 6 nitrogen and oxygen atoms in total. The van der Waals surface area contributed by atoms with Gasteiger partial charge in [0.1, 0.15) is 6.54 Å². The molecular formula is C27H25Cl2F2N5O. The van der Waals surface area contributed by atoms with Crippen LogP contribution in [0.4, 0.5) is 8.78 Å². The van der Waals surface area contributed by atoms with E-state index < -0.39 is 6.43 Å². The lowest BCUT2D eigenvalue weighted by Gasteiger charge is -2.35. The summed E-state index contributed by atoms with van der Waals surface area (Å²) in [6.45, 7) is 4.75. The molecule has 0 atom stereocenters. The van der Waals surface area contributed by atoms with Gasteiger partial charge in [-0.15, -0.1) is 0 Å². The van der Waals surface area contributed by atoms with Crippen molar-refractivity contribution < 1.29 is 13.6 Å². The molecule has 0 unspecified atom stereocenters. The minimum atomic E-state index is -2.69. The number of hydrogen-bond donors (Lipinski definition) is 0. The van der Waals surface area contributed by atoms with E-state index in [1.54, 1.807) is 17.9 Å². The van der Waals surface area contributed by atoms with Crippen LogP contribution in [0.15, 0.2) is 54.6 Å². The van der Waals surface area contributed by atoms with Gasteiger partial charge in [-0.3, -0.25) is 9.69 Å². The molecule has 2 aromatic carbocycles. The lowest BCUT2D eigenvalue weighted by atomic mass is 10.1. The second-order valence-corrected chi connectivity index (χ2v) is 9.94. The molecule has 4 aromatic rings. The first-order valence-corrected chi connectivity index (χ1v) is 12.7. The summed E-state index contributed by atoms with van der Waals surface area (Å²) in [4.78, 5) is 21.8. The highest BCUT2D eigenvalue weighted by Crippen LogP contribution is 2.33. The number of piperazine rings is 1. The van der Waals surface area contributed by atoms with E-state index >= 15 is 0 Å². The van der Waals surface area contributed by atoms with Gasteiger partial charge in [-0.05, 0) is 30.7 Å². The zero-order valence-electron chi connectivity index (χ0n) is 20.2. The first-order valence-electron chi connectivity index (χ1n) is 12.0. The number of amides is 1. The average Bonchev–Trinajstić information content (AvgIpc) is 3.20. The second kappa shape index (κ2) is 10.7. The minimum absolute atomic E-state index is 0.0682. The molecule has 3 heterocycles. The van der Waals surface area contributed by atoms with Crippen molar-refractivity contribution in [3.05, 3.63) is 81.5 Å². The van der Waals surface area contributed by atoms with Crippen LogP contribution in [0, 0.1) is 6.92 Å². The third-order valence-corrected chi connectivity index (χ3v) is 7.22. The lowest BCUT2D eigenvalue weighted by Crippen LogP contribution is -2.49. The maximum absolute atomic E-state index is 14.0. The minimum Gasteiger partial charge on any atom is -0.339 e. The number of hydrogen-bond acceptors (Lipinski definition) is 4. The zero-order valence-corrected chi connectivity index (χ0v) is 21.7. The highest BCUT2D eigenvalue weighted by atomic mass is 35.5. The Kier molecular flexibility index (Phi) is 7.42. The van der Waals surface area contributed by atoms with E-state index in [9.17, 15) is 13.6 Å². The van der Waals surface area contributed by atoms with Crippen molar-refractivity contribution in [3.63, 3.8) is 0 Å². The van der Waals surface area contributed by atoms with Crippen LogP contribution in [0.25, 0.3) is 22.3 Å². The Bertz CT molecular complexity index is 1440. The van der Waals surface area contributed by atoms with Crippen molar-refractivity contribution in [1.82, 2.24) is 24.6 Å². The van der Waals surface area contributed by atoms with Crippen LogP contribution in [-0.2, 0) is 17.9 Å². The van der Waals surface area contributed by atoms with Crippen LogP contribution in [0.5, 0.6) is 0 Å². The number of halogens is 4. The summed E-state index contributed by atoms with van der Waals surface area (Å²) in [5, 5.41) is 5.94. The Hall–Kier alpha value is -3.07. The molecule has 1 aliphatic heterocycles. The summed E-state index contributed by atoms with van der Waals surface area (Å²) in [5.41, 5.74) is 2.72. The van der Waals surface area contributed by atoms with Gasteiger partial charge in [0.05, 0.1) is 16.8 Å². The van der Waals surface area contributed by atoms with Crippen molar-refractivity contribution in [2.45, 2.75) is 26.4 Å². The molecule has 10 heteroatoms. The van der Waals surface area contributed by atoms with E-state index in [0.717, 1.165) is 11.1 Å². The average molecular weight is 544 g/mol. The number of carbonyl (C=O) groups is 1. The van der Waals surface area contributed by atoms with Crippen molar-refractivity contribution in [1.29, 1.82) is 0 Å². The van der Waals surface area contributed by atoms with Crippen molar-refractivity contribution in [2.75, 3.05) is 26.2 Å². The molecule has 5 rings (SSSR count). The Morgan fingerprint density at radius 1 is 1.03 bits per heavy atom. The van der Waals surface area contributed by atoms with Gasteiger partial charge in [0.15, 0.2) is 5.65 Å². The molecule has 2 aromatic heterocycles. The monoisotopic (exact) mass is 543 g/mol. The number of pyridine rings is 1. The van der Waals surface area contributed by atoms with Gasteiger partial charge >= 0.3 is 0 Å².